The Morgan fingerprint density at radius 2 is 1.57 bits per heavy atom. The maximum absolute atomic E-state index is 12.4. The number of carbonyl (C=O) groups is 3. The Morgan fingerprint density at radius 3 is 2.09 bits per heavy atom. The minimum atomic E-state index is -1.61. The van der Waals surface area contributed by atoms with E-state index < -0.39 is 11.8 Å². The molecular weight excluding hydrogens is 296 g/mol. The number of rotatable bonds is 5. The number of aliphatic carboxylic acids is 1. The smallest absolute Gasteiger partial charge is 0.380 e. The van der Waals surface area contributed by atoms with E-state index in [4.69, 9.17) is 9.52 Å². The van der Waals surface area contributed by atoms with Crippen molar-refractivity contribution in [3.05, 3.63) is 57.5 Å². The number of aryl methyl sites for hydroxylation is 3. The van der Waals surface area contributed by atoms with Crippen LogP contribution in [0.5, 0.6) is 0 Å². The van der Waals surface area contributed by atoms with Crippen LogP contribution >= 0.6 is 0 Å². The molecule has 2 aromatic rings. The highest BCUT2D eigenvalue weighted by molar-refractivity contribution is 6.39. The van der Waals surface area contributed by atoms with E-state index in [0.717, 1.165) is 16.7 Å². The molecule has 0 bridgehead atoms. The van der Waals surface area contributed by atoms with Gasteiger partial charge in [-0.1, -0.05) is 12.1 Å². The Balaban J connectivity index is 2.28. The monoisotopic (exact) mass is 314 g/mol. The van der Waals surface area contributed by atoms with E-state index in [2.05, 4.69) is 0 Å². The summed E-state index contributed by atoms with van der Waals surface area (Å²) in [7, 11) is 0. The van der Waals surface area contributed by atoms with E-state index in [0.29, 0.717) is 0 Å². The third-order valence-electron chi connectivity index (χ3n) is 3.99. The Labute approximate surface area is 133 Å². The number of carbonyl (C=O) groups excluding carboxylic acids is 2. The van der Waals surface area contributed by atoms with Gasteiger partial charge in [0.15, 0.2) is 11.5 Å². The fourth-order valence-corrected chi connectivity index (χ4v) is 2.48. The molecule has 5 heteroatoms. The molecule has 23 heavy (non-hydrogen) atoms. The van der Waals surface area contributed by atoms with E-state index in [1.807, 2.05) is 32.9 Å². The van der Waals surface area contributed by atoms with E-state index in [1.54, 1.807) is 0 Å². The second kappa shape index (κ2) is 6.20. The van der Waals surface area contributed by atoms with E-state index in [1.165, 1.54) is 18.6 Å². The SMILES string of the molecule is Cc1cc(CC(=O)c2cc(C(=O)C(=O)O)oc2C)cc(C)c1C. The van der Waals surface area contributed by atoms with Crippen molar-refractivity contribution >= 4 is 17.5 Å². The molecule has 0 radical (unpaired) electrons. The molecule has 1 aromatic carbocycles. The van der Waals surface area contributed by atoms with Crippen LogP contribution in [0.1, 0.15) is 48.9 Å². The van der Waals surface area contributed by atoms with Crippen molar-refractivity contribution in [2.45, 2.75) is 34.1 Å². The summed E-state index contributed by atoms with van der Waals surface area (Å²) in [6.07, 6.45) is 0.170. The summed E-state index contributed by atoms with van der Waals surface area (Å²) in [5, 5.41) is 8.70. The van der Waals surface area contributed by atoms with Crippen LogP contribution in [-0.2, 0) is 11.2 Å². The normalized spacial score (nSPS) is 10.6. The van der Waals surface area contributed by atoms with Crippen LogP contribution in [0.25, 0.3) is 0 Å². The van der Waals surface area contributed by atoms with E-state index in [-0.39, 0.29) is 29.3 Å². The zero-order valence-corrected chi connectivity index (χ0v) is 13.5. The predicted octanol–water partition coefficient (Wildman–Crippen LogP) is 3.21. The van der Waals surface area contributed by atoms with Gasteiger partial charge >= 0.3 is 11.8 Å². The number of carboxylic acid groups (broad SMARTS) is 1. The number of hydrogen-bond donors (Lipinski definition) is 1. The van der Waals surface area contributed by atoms with Gasteiger partial charge in [0.1, 0.15) is 5.76 Å². The third kappa shape index (κ3) is 3.39. The van der Waals surface area contributed by atoms with Gasteiger partial charge in [-0.2, -0.15) is 0 Å². The molecule has 1 aromatic heterocycles. The first-order valence-corrected chi connectivity index (χ1v) is 7.18. The second-order valence-electron chi connectivity index (χ2n) is 5.67. The summed E-state index contributed by atoms with van der Waals surface area (Å²) in [4.78, 5) is 34.5. The molecule has 1 N–H and O–H groups in total. The van der Waals surface area contributed by atoms with Gasteiger partial charge < -0.3 is 9.52 Å². The molecule has 0 unspecified atom stereocenters. The van der Waals surface area contributed by atoms with Gasteiger partial charge in [-0.05, 0) is 56.0 Å². The lowest BCUT2D eigenvalue weighted by atomic mass is 9.96. The van der Waals surface area contributed by atoms with Crippen LogP contribution in [0.4, 0.5) is 0 Å². The van der Waals surface area contributed by atoms with Crippen molar-refractivity contribution < 1.29 is 23.9 Å². The molecule has 120 valence electrons. The zero-order chi connectivity index (χ0) is 17.3. The standard InChI is InChI=1S/C18H18O5/c1-9-5-13(6-10(2)11(9)3)7-15(19)14-8-16(23-12(14)4)17(20)18(21)22/h5-6,8H,7H2,1-4H3,(H,21,22). The maximum atomic E-state index is 12.4. The summed E-state index contributed by atoms with van der Waals surface area (Å²) in [6.45, 7) is 7.55. The highest BCUT2D eigenvalue weighted by Crippen LogP contribution is 2.20. The van der Waals surface area contributed by atoms with Gasteiger partial charge in [0, 0.05) is 6.42 Å². The maximum Gasteiger partial charge on any atom is 0.380 e. The van der Waals surface area contributed by atoms with Crippen LogP contribution in [-0.4, -0.2) is 22.6 Å². The van der Waals surface area contributed by atoms with Crippen LogP contribution in [0.15, 0.2) is 22.6 Å². The summed E-state index contributed by atoms with van der Waals surface area (Å²) in [5.74, 6) is -3.05. The van der Waals surface area contributed by atoms with Gasteiger partial charge in [-0.25, -0.2) is 4.79 Å². The molecule has 0 fully saturated rings. The van der Waals surface area contributed by atoms with Crippen LogP contribution in [0, 0.1) is 27.7 Å². The second-order valence-corrected chi connectivity index (χ2v) is 5.67. The number of Topliss-reactive ketones (excluding diaryl/α,β-unsaturated/α-hetero) is 2. The largest absolute Gasteiger partial charge is 0.475 e. The van der Waals surface area contributed by atoms with Crippen LogP contribution < -0.4 is 0 Å². The van der Waals surface area contributed by atoms with Crippen molar-refractivity contribution in [3.8, 4) is 0 Å². The molecule has 0 aliphatic carbocycles. The summed E-state index contributed by atoms with van der Waals surface area (Å²) < 4.78 is 5.11. The fraction of sp³-hybridized carbons (Fsp3) is 0.278. The Bertz CT molecular complexity index is 788. The molecule has 2 rings (SSSR count). The van der Waals surface area contributed by atoms with Crippen LogP contribution in [0.3, 0.4) is 0 Å². The highest BCUT2D eigenvalue weighted by atomic mass is 16.4. The number of benzene rings is 1. The topological polar surface area (TPSA) is 84.6 Å². The number of carboxylic acids is 1. The van der Waals surface area contributed by atoms with Crippen molar-refractivity contribution in [1.29, 1.82) is 0 Å². The highest BCUT2D eigenvalue weighted by Gasteiger charge is 2.23. The number of hydrogen-bond acceptors (Lipinski definition) is 4. The lowest BCUT2D eigenvalue weighted by Crippen LogP contribution is -2.11. The Hall–Kier alpha value is -2.69. The predicted molar refractivity (Wildman–Crippen MR) is 84.1 cm³/mol. The van der Waals surface area contributed by atoms with E-state index in [9.17, 15) is 14.4 Å². The molecule has 5 nitrogen and oxygen atoms in total. The minimum Gasteiger partial charge on any atom is -0.475 e. The first-order chi connectivity index (χ1) is 10.7. The summed E-state index contributed by atoms with van der Waals surface area (Å²) in [6, 6.07) is 5.12. The Kier molecular flexibility index (Phi) is 4.50. The summed E-state index contributed by atoms with van der Waals surface area (Å²) >= 11 is 0. The minimum absolute atomic E-state index is 0.170. The van der Waals surface area contributed by atoms with Gasteiger partial charge in [-0.3, -0.25) is 9.59 Å². The first kappa shape index (κ1) is 16.7. The quantitative estimate of drug-likeness (QED) is 0.676. The van der Waals surface area contributed by atoms with Crippen molar-refractivity contribution in [2.75, 3.05) is 0 Å². The average Bonchev–Trinajstić information content (AvgIpc) is 2.85. The molecule has 0 aliphatic heterocycles. The molecule has 0 aliphatic rings. The summed E-state index contributed by atoms with van der Waals surface area (Å²) in [5.41, 5.74) is 4.53. The molecule has 1 heterocycles. The first-order valence-electron chi connectivity index (χ1n) is 7.18. The fourth-order valence-electron chi connectivity index (χ4n) is 2.48. The van der Waals surface area contributed by atoms with Gasteiger partial charge in [0.2, 0.25) is 0 Å². The van der Waals surface area contributed by atoms with Crippen molar-refractivity contribution in [2.24, 2.45) is 0 Å². The molecular formula is C18H18O5. The number of furan rings is 1. The molecule has 0 atom stereocenters. The van der Waals surface area contributed by atoms with Crippen LogP contribution in [0.2, 0.25) is 0 Å². The van der Waals surface area contributed by atoms with Gasteiger partial charge in [-0.15, -0.1) is 0 Å². The molecule has 0 amide bonds. The lowest BCUT2D eigenvalue weighted by Gasteiger charge is -2.08. The lowest BCUT2D eigenvalue weighted by molar-refractivity contribution is -0.131. The number of ketones is 2. The molecule has 0 saturated heterocycles. The van der Waals surface area contributed by atoms with Crippen molar-refractivity contribution in [1.82, 2.24) is 0 Å². The van der Waals surface area contributed by atoms with Gasteiger partial charge in [0.05, 0.1) is 5.56 Å². The molecule has 0 saturated carbocycles. The van der Waals surface area contributed by atoms with Gasteiger partial charge in [0.25, 0.3) is 0 Å². The van der Waals surface area contributed by atoms with Crippen molar-refractivity contribution in [3.63, 3.8) is 0 Å². The van der Waals surface area contributed by atoms with E-state index >= 15 is 0 Å². The zero-order valence-electron chi connectivity index (χ0n) is 13.5. The average molecular weight is 314 g/mol. The molecule has 0 spiro atoms. The Morgan fingerprint density at radius 1 is 1.00 bits per heavy atom. The third-order valence-corrected chi connectivity index (χ3v) is 3.99.